The minimum absolute atomic E-state index is 0.0294. The highest BCUT2D eigenvalue weighted by Gasteiger charge is 2.30. The summed E-state index contributed by atoms with van der Waals surface area (Å²) in [4.78, 5) is 0. The molecule has 4 N–H and O–H groups in total. The fourth-order valence-electron chi connectivity index (χ4n) is 3.04. The topological polar surface area (TPSA) is 70.5 Å². The molecule has 0 fully saturated rings. The predicted molar refractivity (Wildman–Crippen MR) is 121 cm³/mol. The third-order valence-corrected chi connectivity index (χ3v) is 4.70. The maximum atomic E-state index is 13.0. The number of halogens is 3. The maximum Gasteiger partial charge on any atom is 0.416 e. The molecule has 0 heterocycles. The minimum atomic E-state index is -4.42. The van der Waals surface area contributed by atoms with Crippen LogP contribution in [0.15, 0.2) is 108 Å². The lowest BCUT2D eigenvalue weighted by Gasteiger charge is -2.14. The fourth-order valence-corrected chi connectivity index (χ4v) is 3.04. The average molecular weight is 454 g/mol. The molecule has 0 aliphatic heterocycles. The molecule has 3 rings (SSSR count). The molecule has 33 heavy (non-hydrogen) atoms. The Morgan fingerprint density at radius 2 is 1.27 bits per heavy atom. The van der Waals surface area contributed by atoms with E-state index in [9.17, 15) is 13.2 Å². The van der Waals surface area contributed by atoms with E-state index in [0.717, 1.165) is 23.3 Å². The van der Waals surface area contributed by atoms with Crippen LogP contribution in [-0.4, -0.2) is 0 Å². The second kappa shape index (κ2) is 11.1. The van der Waals surface area contributed by atoms with Gasteiger partial charge in [-0.1, -0.05) is 78.9 Å². The molecule has 0 saturated heterocycles. The van der Waals surface area contributed by atoms with E-state index in [-0.39, 0.29) is 37.0 Å². The van der Waals surface area contributed by atoms with Gasteiger partial charge in [0.1, 0.15) is 13.2 Å². The van der Waals surface area contributed by atoms with Gasteiger partial charge < -0.3 is 20.9 Å². The smallest absolute Gasteiger partial charge is 0.416 e. The van der Waals surface area contributed by atoms with Crippen LogP contribution in [0.1, 0.15) is 22.3 Å². The molecular weight excluding hydrogens is 429 g/mol. The highest BCUT2D eigenvalue weighted by molar-refractivity contribution is 5.30. The van der Waals surface area contributed by atoms with Crippen LogP contribution in [0.5, 0.6) is 0 Å². The molecule has 0 aliphatic rings. The van der Waals surface area contributed by atoms with Crippen LogP contribution in [0, 0.1) is 0 Å². The number of benzene rings is 3. The Morgan fingerprint density at radius 1 is 0.727 bits per heavy atom. The first-order valence-corrected chi connectivity index (χ1v) is 10.3. The van der Waals surface area contributed by atoms with Crippen molar-refractivity contribution in [1.82, 2.24) is 0 Å². The molecule has 0 radical (unpaired) electrons. The Hall–Kier alpha value is -3.87. The first-order chi connectivity index (χ1) is 15.8. The van der Waals surface area contributed by atoms with Crippen molar-refractivity contribution in [3.8, 4) is 0 Å². The highest BCUT2D eigenvalue weighted by Crippen LogP contribution is 2.30. The number of alkyl halides is 3. The number of rotatable bonds is 9. The summed E-state index contributed by atoms with van der Waals surface area (Å²) in [5.74, 6) is 0.237. The Morgan fingerprint density at radius 3 is 1.85 bits per heavy atom. The van der Waals surface area contributed by atoms with E-state index < -0.39 is 11.7 Å². The zero-order valence-electron chi connectivity index (χ0n) is 17.9. The van der Waals surface area contributed by atoms with E-state index in [1.807, 2.05) is 60.7 Å². The second-order valence-corrected chi connectivity index (χ2v) is 7.37. The van der Waals surface area contributed by atoms with Gasteiger partial charge in [-0.15, -0.1) is 0 Å². The largest absolute Gasteiger partial charge is 0.483 e. The van der Waals surface area contributed by atoms with E-state index in [1.54, 1.807) is 6.07 Å². The monoisotopic (exact) mass is 454 g/mol. The van der Waals surface area contributed by atoms with Gasteiger partial charge >= 0.3 is 6.18 Å². The van der Waals surface area contributed by atoms with Gasteiger partial charge in [-0.2, -0.15) is 13.2 Å². The zero-order valence-corrected chi connectivity index (χ0v) is 17.9. The second-order valence-electron chi connectivity index (χ2n) is 7.37. The van der Waals surface area contributed by atoms with Gasteiger partial charge in [-0.3, -0.25) is 0 Å². The van der Waals surface area contributed by atoms with Crippen LogP contribution in [0.4, 0.5) is 13.2 Å². The fraction of sp³-hybridized carbons (Fsp3) is 0.154. The van der Waals surface area contributed by atoms with Crippen LogP contribution in [0.25, 0.3) is 0 Å². The third kappa shape index (κ3) is 7.64. The van der Waals surface area contributed by atoms with E-state index in [1.165, 1.54) is 12.1 Å². The first-order valence-electron chi connectivity index (χ1n) is 10.3. The summed E-state index contributed by atoms with van der Waals surface area (Å²) >= 11 is 0. The van der Waals surface area contributed by atoms with Crippen LogP contribution < -0.4 is 11.5 Å². The number of hydrogen-bond acceptors (Lipinski definition) is 4. The minimum Gasteiger partial charge on any atom is -0.483 e. The molecule has 4 nitrogen and oxygen atoms in total. The molecule has 172 valence electrons. The molecule has 0 spiro atoms. The van der Waals surface area contributed by atoms with Gasteiger partial charge in [-0.05, 0) is 22.8 Å². The van der Waals surface area contributed by atoms with Crippen molar-refractivity contribution in [2.45, 2.75) is 25.8 Å². The first kappa shape index (κ1) is 23.8. The molecule has 0 atom stereocenters. The van der Waals surface area contributed by atoms with Crippen molar-refractivity contribution in [1.29, 1.82) is 0 Å². The summed E-state index contributed by atoms with van der Waals surface area (Å²) in [5.41, 5.74) is 14.1. The van der Waals surface area contributed by atoms with Crippen LogP contribution in [-0.2, 0) is 35.3 Å². The van der Waals surface area contributed by atoms with E-state index >= 15 is 0 Å². The van der Waals surface area contributed by atoms with Gasteiger partial charge in [-0.25, -0.2) is 0 Å². The Balaban J connectivity index is 1.78. The Bertz CT molecular complexity index is 1100. The molecule has 0 aliphatic carbocycles. The normalized spacial score (nSPS) is 12.8. The lowest BCUT2D eigenvalue weighted by Crippen LogP contribution is -2.11. The van der Waals surface area contributed by atoms with Gasteiger partial charge in [0.2, 0.25) is 5.88 Å². The molecule has 0 bridgehead atoms. The van der Waals surface area contributed by atoms with Crippen LogP contribution >= 0.6 is 0 Å². The van der Waals surface area contributed by atoms with Gasteiger partial charge in [0, 0.05) is 18.2 Å². The number of hydrogen-bond donors (Lipinski definition) is 2. The van der Waals surface area contributed by atoms with Crippen molar-refractivity contribution >= 4 is 0 Å². The number of allylic oxidation sites excluding steroid dienone is 2. The van der Waals surface area contributed by atoms with Crippen molar-refractivity contribution in [3.05, 3.63) is 131 Å². The molecule has 3 aromatic carbocycles. The lowest BCUT2D eigenvalue weighted by atomic mass is 10.1. The number of nitrogens with two attached hydrogens (primary N) is 2. The average Bonchev–Trinajstić information content (AvgIpc) is 2.81. The lowest BCUT2D eigenvalue weighted by molar-refractivity contribution is -0.137. The molecule has 3 aromatic rings. The molecule has 0 unspecified atom stereocenters. The van der Waals surface area contributed by atoms with Gasteiger partial charge in [0.15, 0.2) is 5.76 Å². The number of ether oxygens (including phenoxy) is 2. The van der Waals surface area contributed by atoms with Gasteiger partial charge in [0.05, 0.1) is 5.56 Å². The summed E-state index contributed by atoms with van der Waals surface area (Å²) in [7, 11) is 0. The summed E-state index contributed by atoms with van der Waals surface area (Å²) in [6, 6.07) is 24.0. The van der Waals surface area contributed by atoms with E-state index in [2.05, 4.69) is 0 Å². The summed E-state index contributed by atoms with van der Waals surface area (Å²) < 4.78 is 50.5. The quantitative estimate of drug-likeness (QED) is 0.324. The van der Waals surface area contributed by atoms with Crippen molar-refractivity contribution < 1.29 is 22.6 Å². The molecule has 0 saturated carbocycles. The Labute approximate surface area is 190 Å². The summed E-state index contributed by atoms with van der Waals surface area (Å²) in [5, 5.41) is 0. The van der Waals surface area contributed by atoms with Gasteiger partial charge in [0.25, 0.3) is 0 Å². The SMILES string of the molecule is N/C(=C\C(OCc1ccccc1)=C(/N)OCc1ccccc1)Cc1cccc(C(F)(F)F)c1. The third-order valence-electron chi connectivity index (χ3n) is 4.70. The van der Waals surface area contributed by atoms with E-state index in [0.29, 0.717) is 5.56 Å². The van der Waals surface area contributed by atoms with Crippen molar-refractivity contribution in [2.75, 3.05) is 0 Å². The van der Waals surface area contributed by atoms with E-state index in [4.69, 9.17) is 20.9 Å². The van der Waals surface area contributed by atoms with Crippen LogP contribution in [0.3, 0.4) is 0 Å². The highest BCUT2D eigenvalue weighted by atomic mass is 19.4. The summed E-state index contributed by atoms with van der Waals surface area (Å²) in [6.45, 7) is 0.450. The summed E-state index contributed by atoms with van der Waals surface area (Å²) in [6.07, 6.45) is -2.84. The standard InChI is InChI=1S/C26H25F3N2O2/c27-26(28,29)22-13-7-12-21(14-22)15-23(30)16-24(32-17-19-8-3-1-4-9-19)25(31)33-18-20-10-5-2-6-11-20/h1-14,16H,15,17-18,30-31H2/b23-16-,25-24-. The molecule has 0 amide bonds. The predicted octanol–water partition coefficient (Wildman–Crippen LogP) is 5.65. The molecule has 0 aromatic heterocycles. The zero-order chi connectivity index (χ0) is 23.7. The Kier molecular flexibility index (Phi) is 8.02. The molecular formula is C26H25F3N2O2. The van der Waals surface area contributed by atoms with Crippen molar-refractivity contribution in [2.24, 2.45) is 11.5 Å². The molecule has 7 heteroatoms. The van der Waals surface area contributed by atoms with Crippen molar-refractivity contribution in [3.63, 3.8) is 0 Å². The van der Waals surface area contributed by atoms with Crippen LogP contribution in [0.2, 0.25) is 0 Å². The maximum absolute atomic E-state index is 13.0.